The van der Waals surface area contributed by atoms with Crippen molar-refractivity contribution in [3.05, 3.63) is 0 Å². The molecule has 0 radical (unpaired) electrons. The lowest BCUT2D eigenvalue weighted by molar-refractivity contribution is 0.318. The van der Waals surface area contributed by atoms with E-state index in [-0.39, 0.29) is 0 Å². The fraction of sp³-hybridized carbons (Fsp3) is 1.00. The van der Waals surface area contributed by atoms with Crippen LogP contribution in [0.15, 0.2) is 0 Å². The predicted octanol–water partition coefficient (Wildman–Crippen LogP) is 1.72. The first-order valence-electron chi connectivity index (χ1n) is 5.26. The van der Waals surface area contributed by atoms with Crippen molar-refractivity contribution < 1.29 is 0 Å². The summed E-state index contributed by atoms with van der Waals surface area (Å²) in [5, 5.41) is 3.54. The Morgan fingerprint density at radius 2 is 2.00 bits per heavy atom. The van der Waals surface area contributed by atoms with Crippen molar-refractivity contribution in [1.82, 2.24) is 5.32 Å². The second-order valence-corrected chi connectivity index (χ2v) is 4.79. The first-order chi connectivity index (χ1) is 6.22. The zero-order valence-electron chi connectivity index (χ0n) is 8.43. The molecule has 3 heteroatoms. The van der Waals surface area contributed by atoms with Gasteiger partial charge in [-0.1, -0.05) is 0 Å². The van der Waals surface area contributed by atoms with E-state index in [0.29, 0.717) is 11.4 Å². The Kier molecular flexibility index (Phi) is 5.07. The van der Waals surface area contributed by atoms with Gasteiger partial charge in [0, 0.05) is 18.0 Å². The fourth-order valence-electron chi connectivity index (χ4n) is 2.13. The van der Waals surface area contributed by atoms with Crippen molar-refractivity contribution in [2.45, 2.75) is 43.5 Å². The minimum absolute atomic E-state index is 0.321. The van der Waals surface area contributed by atoms with Gasteiger partial charge in [0.15, 0.2) is 0 Å². The van der Waals surface area contributed by atoms with Crippen molar-refractivity contribution >= 4 is 11.6 Å². The van der Waals surface area contributed by atoms with Crippen molar-refractivity contribution in [3.63, 3.8) is 0 Å². The van der Waals surface area contributed by atoms with Gasteiger partial charge in [0.1, 0.15) is 0 Å². The van der Waals surface area contributed by atoms with Crippen molar-refractivity contribution in [2.75, 3.05) is 13.6 Å². The molecule has 1 atom stereocenters. The zero-order chi connectivity index (χ0) is 9.68. The van der Waals surface area contributed by atoms with E-state index < -0.39 is 0 Å². The van der Waals surface area contributed by atoms with E-state index in [1.807, 2.05) is 7.05 Å². The van der Waals surface area contributed by atoms with Gasteiger partial charge in [0.25, 0.3) is 0 Å². The molecule has 0 aromatic carbocycles. The summed E-state index contributed by atoms with van der Waals surface area (Å²) < 4.78 is 0. The highest BCUT2D eigenvalue weighted by atomic mass is 35.5. The Bertz CT molecular complexity index is 133. The van der Waals surface area contributed by atoms with Crippen LogP contribution in [0, 0.1) is 5.92 Å². The molecule has 0 aromatic heterocycles. The first-order valence-corrected chi connectivity index (χ1v) is 5.70. The number of hydrogen-bond acceptors (Lipinski definition) is 2. The Hall–Kier alpha value is 0.210. The van der Waals surface area contributed by atoms with E-state index >= 15 is 0 Å². The van der Waals surface area contributed by atoms with E-state index in [1.165, 1.54) is 25.7 Å². The summed E-state index contributed by atoms with van der Waals surface area (Å²) in [6.45, 7) is 0.931. The summed E-state index contributed by atoms with van der Waals surface area (Å²) >= 11 is 6.04. The Morgan fingerprint density at radius 3 is 2.54 bits per heavy atom. The molecule has 0 aliphatic heterocycles. The molecule has 0 aromatic rings. The molecular weight excluding hydrogens is 184 g/mol. The largest absolute Gasteiger partial charge is 0.327 e. The molecule has 0 bridgehead atoms. The highest BCUT2D eigenvalue weighted by Gasteiger charge is 2.20. The maximum absolute atomic E-state index is 6.04. The third-order valence-electron chi connectivity index (χ3n) is 2.88. The number of likely N-dealkylation sites (N-methyl/N-ethyl adjacent to an activating group) is 1. The average molecular weight is 205 g/mol. The van der Waals surface area contributed by atoms with Crippen LogP contribution in [0.5, 0.6) is 0 Å². The van der Waals surface area contributed by atoms with E-state index in [9.17, 15) is 0 Å². The molecule has 13 heavy (non-hydrogen) atoms. The highest BCUT2D eigenvalue weighted by Crippen LogP contribution is 2.29. The molecule has 3 N–H and O–H groups in total. The molecule has 1 rings (SSSR count). The number of alkyl halides is 1. The molecule has 1 unspecified atom stereocenters. The molecule has 0 heterocycles. The van der Waals surface area contributed by atoms with E-state index in [4.69, 9.17) is 17.3 Å². The standard InChI is InChI=1S/C10H21ClN2/c1-13-7-10(12)6-8-2-4-9(11)5-3-8/h8-10,13H,2-7,12H2,1H3. The summed E-state index contributed by atoms with van der Waals surface area (Å²) in [5.41, 5.74) is 5.95. The smallest absolute Gasteiger partial charge is 0.0336 e. The van der Waals surface area contributed by atoms with Gasteiger partial charge in [0.05, 0.1) is 0 Å². The van der Waals surface area contributed by atoms with Gasteiger partial charge in [-0.3, -0.25) is 0 Å². The van der Waals surface area contributed by atoms with Gasteiger partial charge in [-0.05, 0) is 45.1 Å². The topological polar surface area (TPSA) is 38.0 Å². The van der Waals surface area contributed by atoms with Crippen LogP contribution < -0.4 is 11.1 Å². The van der Waals surface area contributed by atoms with Crippen LogP contribution in [0.1, 0.15) is 32.1 Å². The van der Waals surface area contributed by atoms with Crippen LogP contribution >= 0.6 is 11.6 Å². The minimum atomic E-state index is 0.321. The lowest BCUT2D eigenvalue weighted by Gasteiger charge is -2.27. The van der Waals surface area contributed by atoms with Gasteiger partial charge < -0.3 is 11.1 Å². The molecule has 1 aliphatic rings. The van der Waals surface area contributed by atoms with Gasteiger partial charge in [-0.2, -0.15) is 0 Å². The number of nitrogens with two attached hydrogens (primary N) is 1. The number of rotatable bonds is 4. The Labute approximate surface area is 86.2 Å². The van der Waals surface area contributed by atoms with Gasteiger partial charge in [-0.15, -0.1) is 11.6 Å². The van der Waals surface area contributed by atoms with Crippen molar-refractivity contribution in [3.8, 4) is 0 Å². The quantitative estimate of drug-likeness (QED) is 0.685. The summed E-state index contributed by atoms with van der Waals surface area (Å²) in [7, 11) is 1.95. The molecule has 0 saturated heterocycles. The first kappa shape index (κ1) is 11.3. The molecule has 1 fully saturated rings. The maximum atomic E-state index is 6.04. The molecular formula is C10H21ClN2. The van der Waals surface area contributed by atoms with E-state index in [1.54, 1.807) is 0 Å². The lowest BCUT2D eigenvalue weighted by Crippen LogP contribution is -2.34. The van der Waals surface area contributed by atoms with Crippen LogP contribution in [-0.2, 0) is 0 Å². The zero-order valence-corrected chi connectivity index (χ0v) is 9.19. The molecule has 78 valence electrons. The maximum Gasteiger partial charge on any atom is 0.0336 e. The van der Waals surface area contributed by atoms with Crippen LogP contribution in [0.3, 0.4) is 0 Å². The van der Waals surface area contributed by atoms with Gasteiger partial charge in [0.2, 0.25) is 0 Å². The normalized spacial score (nSPS) is 31.6. The summed E-state index contributed by atoms with van der Waals surface area (Å²) in [5.74, 6) is 0.818. The second-order valence-electron chi connectivity index (χ2n) is 4.17. The van der Waals surface area contributed by atoms with E-state index in [2.05, 4.69) is 5.32 Å². The summed E-state index contributed by atoms with van der Waals surface area (Å²) in [6, 6.07) is 0.321. The highest BCUT2D eigenvalue weighted by molar-refractivity contribution is 6.20. The SMILES string of the molecule is CNCC(N)CC1CCC(Cl)CC1. The molecule has 1 aliphatic carbocycles. The number of nitrogens with one attached hydrogen (secondary N) is 1. The molecule has 0 amide bonds. The van der Waals surface area contributed by atoms with E-state index in [0.717, 1.165) is 18.9 Å². The van der Waals surface area contributed by atoms with Crippen LogP contribution in [0.2, 0.25) is 0 Å². The predicted molar refractivity (Wildman–Crippen MR) is 58.1 cm³/mol. The fourth-order valence-corrected chi connectivity index (χ4v) is 2.38. The second kappa shape index (κ2) is 5.84. The Balaban J connectivity index is 2.14. The minimum Gasteiger partial charge on any atom is -0.327 e. The van der Waals surface area contributed by atoms with Crippen molar-refractivity contribution in [2.24, 2.45) is 11.7 Å². The van der Waals surface area contributed by atoms with Crippen molar-refractivity contribution in [1.29, 1.82) is 0 Å². The van der Waals surface area contributed by atoms with Crippen LogP contribution in [-0.4, -0.2) is 25.0 Å². The van der Waals surface area contributed by atoms with Gasteiger partial charge in [-0.25, -0.2) is 0 Å². The number of halogens is 1. The van der Waals surface area contributed by atoms with Crippen LogP contribution in [0.25, 0.3) is 0 Å². The van der Waals surface area contributed by atoms with Crippen LogP contribution in [0.4, 0.5) is 0 Å². The van der Waals surface area contributed by atoms with Gasteiger partial charge >= 0.3 is 0 Å². The molecule has 1 saturated carbocycles. The monoisotopic (exact) mass is 204 g/mol. The Morgan fingerprint density at radius 1 is 1.38 bits per heavy atom. The third kappa shape index (κ3) is 4.30. The lowest BCUT2D eigenvalue weighted by atomic mass is 9.85. The summed E-state index contributed by atoms with van der Waals surface area (Å²) in [4.78, 5) is 0. The third-order valence-corrected chi connectivity index (χ3v) is 3.32. The number of hydrogen-bond donors (Lipinski definition) is 2. The molecule has 0 spiro atoms. The molecule has 2 nitrogen and oxygen atoms in total. The average Bonchev–Trinajstić information content (AvgIpc) is 2.09. The summed E-state index contributed by atoms with van der Waals surface area (Å²) in [6.07, 6.45) is 6.05.